The van der Waals surface area contributed by atoms with Crippen molar-refractivity contribution >= 4 is 28.4 Å². The van der Waals surface area contributed by atoms with Gasteiger partial charge in [0.1, 0.15) is 6.54 Å². The molecule has 0 fully saturated rings. The number of ether oxygens (including phenoxy) is 2. The van der Waals surface area contributed by atoms with Gasteiger partial charge in [-0.2, -0.15) is 0 Å². The maximum Gasteiger partial charge on any atom is 0.269 e. The summed E-state index contributed by atoms with van der Waals surface area (Å²) < 4.78 is 11.9. The third-order valence-corrected chi connectivity index (χ3v) is 4.22. The molecule has 3 aromatic rings. The molecule has 8 heteroatoms. The minimum absolute atomic E-state index is 0.0580. The van der Waals surface area contributed by atoms with Crippen molar-refractivity contribution in [2.45, 2.75) is 13.5 Å². The minimum Gasteiger partial charge on any atom is -0.454 e. The molecule has 2 heterocycles. The molecule has 27 heavy (non-hydrogen) atoms. The Bertz CT molecular complexity index is 1140. The highest BCUT2D eigenvalue weighted by atomic mass is 16.7. The van der Waals surface area contributed by atoms with E-state index in [1.165, 1.54) is 23.8 Å². The first-order valence-corrected chi connectivity index (χ1v) is 8.22. The third-order valence-electron chi connectivity index (χ3n) is 4.22. The highest BCUT2D eigenvalue weighted by molar-refractivity contribution is 6.04. The van der Waals surface area contributed by atoms with Crippen molar-refractivity contribution in [3.8, 4) is 11.5 Å². The molecule has 1 amide bonds. The second-order valence-electron chi connectivity index (χ2n) is 6.03. The first-order valence-electron chi connectivity index (χ1n) is 8.22. The Morgan fingerprint density at radius 2 is 1.93 bits per heavy atom. The molecule has 4 rings (SSSR count). The minimum atomic E-state index is -0.449. The van der Waals surface area contributed by atoms with E-state index in [1.54, 1.807) is 30.3 Å². The highest BCUT2D eigenvalue weighted by Crippen LogP contribution is 2.37. The lowest BCUT2D eigenvalue weighted by Gasteiger charge is -2.12. The molecule has 0 saturated carbocycles. The topological polar surface area (TPSA) is 99.5 Å². The first kappa shape index (κ1) is 16.8. The summed E-state index contributed by atoms with van der Waals surface area (Å²) in [6.07, 6.45) is 1.18. The SMILES string of the molecule is CC(=O)c1cc2c(cc1NC(=O)Cn1c(=O)cnc3ccccc31)OCO2. The van der Waals surface area contributed by atoms with Crippen molar-refractivity contribution in [2.75, 3.05) is 12.1 Å². The number of fused-ring (bicyclic) bond motifs is 2. The van der Waals surface area contributed by atoms with Gasteiger partial charge in [0.2, 0.25) is 12.7 Å². The molecule has 1 N–H and O–H groups in total. The fourth-order valence-electron chi connectivity index (χ4n) is 2.95. The van der Waals surface area contributed by atoms with E-state index in [4.69, 9.17) is 9.47 Å². The van der Waals surface area contributed by atoms with Crippen molar-refractivity contribution in [1.82, 2.24) is 9.55 Å². The van der Waals surface area contributed by atoms with Gasteiger partial charge in [-0.25, -0.2) is 4.98 Å². The summed E-state index contributed by atoms with van der Waals surface area (Å²) in [4.78, 5) is 40.8. The average molecular weight is 365 g/mol. The summed E-state index contributed by atoms with van der Waals surface area (Å²) in [5.41, 5.74) is 1.39. The molecule has 1 aliphatic heterocycles. The van der Waals surface area contributed by atoms with Crippen LogP contribution in [0.15, 0.2) is 47.4 Å². The van der Waals surface area contributed by atoms with E-state index in [2.05, 4.69) is 10.3 Å². The number of nitrogens with one attached hydrogen (secondary N) is 1. The van der Waals surface area contributed by atoms with Crippen molar-refractivity contribution in [3.05, 3.63) is 58.5 Å². The van der Waals surface area contributed by atoms with Crippen LogP contribution in [0.4, 0.5) is 5.69 Å². The molecule has 0 spiro atoms. The normalized spacial score (nSPS) is 12.2. The maximum absolute atomic E-state index is 12.6. The zero-order valence-corrected chi connectivity index (χ0v) is 14.4. The number of amides is 1. The Morgan fingerprint density at radius 1 is 1.19 bits per heavy atom. The van der Waals surface area contributed by atoms with Gasteiger partial charge >= 0.3 is 0 Å². The molecule has 1 aliphatic rings. The van der Waals surface area contributed by atoms with Gasteiger partial charge in [0.05, 0.1) is 22.9 Å². The van der Waals surface area contributed by atoms with Crippen LogP contribution in [0.5, 0.6) is 11.5 Å². The number of carbonyl (C=O) groups excluding carboxylic acids is 2. The number of Topliss-reactive ketones (excluding diaryl/α,β-unsaturated/α-hetero) is 1. The predicted octanol–water partition coefficient (Wildman–Crippen LogP) is 1.97. The third kappa shape index (κ3) is 3.12. The van der Waals surface area contributed by atoms with Gasteiger partial charge in [-0.15, -0.1) is 0 Å². The zero-order valence-electron chi connectivity index (χ0n) is 14.4. The van der Waals surface area contributed by atoms with Gasteiger partial charge < -0.3 is 14.8 Å². The first-order chi connectivity index (χ1) is 13.0. The van der Waals surface area contributed by atoms with Gasteiger partial charge in [0.15, 0.2) is 17.3 Å². The van der Waals surface area contributed by atoms with Crippen molar-refractivity contribution in [3.63, 3.8) is 0 Å². The van der Waals surface area contributed by atoms with Crippen LogP contribution in [0, 0.1) is 0 Å². The Hall–Kier alpha value is -3.68. The number of para-hydroxylation sites is 2. The number of benzene rings is 2. The molecule has 1 aromatic heterocycles. The van der Waals surface area contributed by atoms with E-state index in [-0.39, 0.29) is 24.7 Å². The second-order valence-corrected chi connectivity index (χ2v) is 6.03. The van der Waals surface area contributed by atoms with Gasteiger partial charge in [0.25, 0.3) is 5.56 Å². The maximum atomic E-state index is 12.6. The summed E-state index contributed by atoms with van der Waals surface area (Å²) in [6.45, 7) is 1.24. The van der Waals surface area contributed by atoms with Crippen LogP contribution in [0.1, 0.15) is 17.3 Å². The fraction of sp³-hybridized carbons (Fsp3) is 0.158. The molecule has 2 aromatic carbocycles. The lowest BCUT2D eigenvalue weighted by atomic mass is 10.1. The van der Waals surface area contributed by atoms with Gasteiger partial charge in [0, 0.05) is 11.6 Å². The van der Waals surface area contributed by atoms with Crippen LogP contribution in [0.3, 0.4) is 0 Å². The number of nitrogens with zero attached hydrogens (tertiary/aromatic N) is 2. The molecule has 0 radical (unpaired) electrons. The number of hydrogen-bond acceptors (Lipinski definition) is 6. The standard InChI is InChI=1S/C19H15N3O5/c1-11(23)12-6-16-17(27-10-26-16)7-14(12)21-18(24)9-22-15-5-3-2-4-13(15)20-8-19(22)25/h2-8H,9-10H2,1H3,(H,21,24). The summed E-state index contributed by atoms with van der Waals surface area (Å²) in [5, 5.41) is 2.69. The summed E-state index contributed by atoms with van der Waals surface area (Å²) >= 11 is 0. The smallest absolute Gasteiger partial charge is 0.269 e. The lowest BCUT2D eigenvalue weighted by Crippen LogP contribution is -2.28. The second kappa shape index (κ2) is 6.56. The molecule has 8 nitrogen and oxygen atoms in total. The molecule has 0 aliphatic carbocycles. The van der Waals surface area contributed by atoms with E-state index in [0.29, 0.717) is 33.8 Å². The van der Waals surface area contributed by atoms with E-state index in [1.807, 2.05) is 0 Å². The van der Waals surface area contributed by atoms with Crippen LogP contribution in [-0.2, 0) is 11.3 Å². The number of aromatic nitrogens is 2. The van der Waals surface area contributed by atoms with Crippen LogP contribution in [0.2, 0.25) is 0 Å². The average Bonchev–Trinajstić information content (AvgIpc) is 3.10. The molecule has 0 unspecified atom stereocenters. The van der Waals surface area contributed by atoms with Crippen molar-refractivity contribution < 1.29 is 19.1 Å². The molecule has 0 saturated heterocycles. The highest BCUT2D eigenvalue weighted by Gasteiger charge is 2.20. The van der Waals surface area contributed by atoms with Crippen molar-refractivity contribution in [1.29, 1.82) is 0 Å². The Morgan fingerprint density at radius 3 is 2.70 bits per heavy atom. The van der Waals surface area contributed by atoms with Crippen LogP contribution in [0.25, 0.3) is 11.0 Å². The summed E-state index contributed by atoms with van der Waals surface area (Å²) in [7, 11) is 0. The van der Waals surface area contributed by atoms with Gasteiger partial charge in [-0.1, -0.05) is 12.1 Å². The molecular weight excluding hydrogens is 350 g/mol. The van der Waals surface area contributed by atoms with E-state index >= 15 is 0 Å². The number of rotatable bonds is 4. The number of carbonyl (C=O) groups is 2. The lowest BCUT2D eigenvalue weighted by molar-refractivity contribution is -0.116. The van der Waals surface area contributed by atoms with E-state index in [0.717, 1.165) is 0 Å². The van der Waals surface area contributed by atoms with Crippen molar-refractivity contribution in [2.24, 2.45) is 0 Å². The number of hydrogen-bond donors (Lipinski definition) is 1. The Labute approximate surface area is 153 Å². The van der Waals surface area contributed by atoms with Crippen LogP contribution < -0.4 is 20.3 Å². The summed E-state index contributed by atoms with van der Waals surface area (Å²) in [6, 6.07) is 10.1. The Kier molecular flexibility index (Phi) is 4.08. The molecule has 136 valence electrons. The Balaban J connectivity index is 1.66. The molecule has 0 bridgehead atoms. The van der Waals surface area contributed by atoms with E-state index in [9.17, 15) is 14.4 Å². The van der Waals surface area contributed by atoms with Gasteiger partial charge in [-0.3, -0.25) is 19.0 Å². The monoisotopic (exact) mass is 365 g/mol. The van der Waals surface area contributed by atoms with Gasteiger partial charge in [-0.05, 0) is 25.1 Å². The quantitative estimate of drug-likeness (QED) is 0.710. The fourth-order valence-corrected chi connectivity index (χ4v) is 2.95. The zero-order chi connectivity index (χ0) is 19.0. The number of ketones is 1. The number of anilines is 1. The largest absolute Gasteiger partial charge is 0.454 e. The van der Waals surface area contributed by atoms with Crippen LogP contribution >= 0.6 is 0 Å². The summed E-state index contributed by atoms with van der Waals surface area (Å²) in [5.74, 6) is 0.223. The molecular formula is C19H15N3O5. The molecule has 0 atom stereocenters. The van der Waals surface area contributed by atoms with E-state index < -0.39 is 5.91 Å². The van der Waals surface area contributed by atoms with Crippen LogP contribution in [-0.4, -0.2) is 28.0 Å². The predicted molar refractivity (Wildman–Crippen MR) is 97.2 cm³/mol.